The van der Waals surface area contributed by atoms with Gasteiger partial charge in [-0.2, -0.15) is 0 Å². The summed E-state index contributed by atoms with van der Waals surface area (Å²) in [4.78, 5) is 31.8. The lowest BCUT2D eigenvalue weighted by Gasteiger charge is -2.32. The molecular weight excluding hydrogens is 468 g/mol. The topological polar surface area (TPSA) is 61.2 Å². The largest absolute Gasteiger partial charge is 0.497 e. The molecule has 4 aromatic rings. The predicted molar refractivity (Wildman–Crippen MR) is 137 cm³/mol. The Kier molecular flexibility index (Phi) is 5.66. The number of hydrogen-bond donors (Lipinski definition) is 0. The summed E-state index contributed by atoms with van der Waals surface area (Å²) in [5.41, 5.74) is 3.72. The molecular formula is C27H23ClN2O3S. The first-order valence-corrected chi connectivity index (χ1v) is 12.2. The van der Waals surface area contributed by atoms with Crippen LogP contribution < -0.4 is 10.3 Å². The van der Waals surface area contributed by atoms with E-state index in [1.807, 2.05) is 53.9 Å². The molecule has 0 spiro atoms. The van der Waals surface area contributed by atoms with Crippen LogP contribution in [0.2, 0.25) is 5.02 Å². The summed E-state index contributed by atoms with van der Waals surface area (Å²) in [5, 5.41) is 3.15. The molecule has 0 amide bonds. The smallest absolute Gasteiger partial charge is 0.265 e. The zero-order valence-electron chi connectivity index (χ0n) is 19.1. The van der Waals surface area contributed by atoms with Gasteiger partial charge in [-0.25, -0.2) is 4.98 Å². The highest BCUT2D eigenvalue weighted by molar-refractivity contribution is 7.13. The van der Waals surface area contributed by atoms with E-state index in [0.717, 1.165) is 17.0 Å². The second-order valence-corrected chi connectivity index (χ2v) is 10.5. The van der Waals surface area contributed by atoms with Crippen molar-refractivity contribution in [1.29, 1.82) is 0 Å². The third-order valence-corrected chi connectivity index (χ3v) is 7.22. The van der Waals surface area contributed by atoms with Crippen molar-refractivity contribution in [2.24, 2.45) is 5.41 Å². The molecule has 7 heteroatoms. The number of ether oxygens (including phenoxy) is 1. The second-order valence-electron chi connectivity index (χ2n) is 9.24. The zero-order valence-corrected chi connectivity index (χ0v) is 20.7. The number of thiazole rings is 1. The number of Topliss-reactive ketones (excluding diaryl/α,β-unsaturated/α-hetero) is 1. The minimum absolute atomic E-state index is 0.0456. The molecule has 0 N–H and O–H groups in total. The van der Waals surface area contributed by atoms with Gasteiger partial charge in [-0.3, -0.25) is 14.2 Å². The quantitative estimate of drug-likeness (QED) is 0.330. The fourth-order valence-electron chi connectivity index (χ4n) is 4.42. The van der Waals surface area contributed by atoms with Gasteiger partial charge in [-0.1, -0.05) is 37.6 Å². The Morgan fingerprint density at radius 3 is 2.38 bits per heavy atom. The van der Waals surface area contributed by atoms with Crippen LogP contribution in [0, 0.1) is 5.41 Å². The van der Waals surface area contributed by atoms with Crippen molar-refractivity contribution in [3.63, 3.8) is 0 Å². The van der Waals surface area contributed by atoms with Crippen molar-refractivity contribution in [2.45, 2.75) is 26.7 Å². The Morgan fingerprint density at radius 2 is 1.71 bits per heavy atom. The van der Waals surface area contributed by atoms with Crippen LogP contribution in [0.1, 0.15) is 36.3 Å². The molecule has 34 heavy (non-hydrogen) atoms. The molecule has 0 radical (unpaired) electrons. The Labute approximate surface area is 206 Å². The molecule has 0 aliphatic heterocycles. The summed E-state index contributed by atoms with van der Waals surface area (Å²) >= 11 is 7.40. The van der Waals surface area contributed by atoms with E-state index in [2.05, 4.69) is 13.8 Å². The van der Waals surface area contributed by atoms with Crippen LogP contribution >= 0.6 is 22.9 Å². The SMILES string of the molecule is COc1ccc(-n2c3c(cc(-c4nc(-c5ccc(Cl)cc5)cs4)c2=O)C(=O)CC(C)(C)C3)cc1. The van der Waals surface area contributed by atoms with Gasteiger partial charge in [-0.15, -0.1) is 11.3 Å². The monoisotopic (exact) mass is 490 g/mol. The van der Waals surface area contributed by atoms with E-state index in [4.69, 9.17) is 21.3 Å². The van der Waals surface area contributed by atoms with Crippen molar-refractivity contribution >= 4 is 28.7 Å². The lowest BCUT2D eigenvalue weighted by atomic mass is 9.75. The van der Waals surface area contributed by atoms with Crippen LogP contribution in [0.4, 0.5) is 0 Å². The zero-order chi connectivity index (χ0) is 24.0. The summed E-state index contributed by atoms with van der Waals surface area (Å²) in [6, 6.07) is 16.5. The Balaban J connectivity index is 1.70. The van der Waals surface area contributed by atoms with E-state index >= 15 is 0 Å². The van der Waals surface area contributed by atoms with Gasteiger partial charge in [0.05, 0.1) is 18.4 Å². The summed E-state index contributed by atoms with van der Waals surface area (Å²) in [6.45, 7) is 4.12. The molecule has 5 nitrogen and oxygen atoms in total. The highest BCUT2D eigenvalue weighted by Gasteiger charge is 2.34. The average Bonchev–Trinajstić information content (AvgIpc) is 3.29. The molecule has 2 heterocycles. The van der Waals surface area contributed by atoms with Crippen LogP contribution in [0.5, 0.6) is 5.75 Å². The third-order valence-electron chi connectivity index (χ3n) is 6.09. The van der Waals surface area contributed by atoms with E-state index in [1.165, 1.54) is 11.3 Å². The van der Waals surface area contributed by atoms with Gasteiger partial charge in [0.2, 0.25) is 0 Å². The average molecular weight is 491 g/mol. The fourth-order valence-corrected chi connectivity index (χ4v) is 5.38. The number of carbonyl (C=O) groups excluding carboxylic acids is 1. The van der Waals surface area contributed by atoms with Crippen molar-refractivity contribution in [3.8, 4) is 33.3 Å². The molecule has 2 aromatic heterocycles. The van der Waals surface area contributed by atoms with Gasteiger partial charge >= 0.3 is 0 Å². The van der Waals surface area contributed by atoms with Crippen molar-refractivity contribution in [2.75, 3.05) is 7.11 Å². The second kappa shape index (κ2) is 8.53. The first kappa shape index (κ1) is 22.6. The maximum atomic E-state index is 13.9. The van der Waals surface area contributed by atoms with Gasteiger partial charge < -0.3 is 4.74 Å². The van der Waals surface area contributed by atoms with Gasteiger partial charge in [-0.05, 0) is 54.3 Å². The van der Waals surface area contributed by atoms with Gasteiger partial charge in [0, 0.05) is 39.3 Å². The van der Waals surface area contributed by atoms with Crippen LogP contribution in [0.25, 0.3) is 27.5 Å². The number of aromatic nitrogens is 2. The molecule has 172 valence electrons. The lowest BCUT2D eigenvalue weighted by Crippen LogP contribution is -2.34. The van der Waals surface area contributed by atoms with Gasteiger partial charge in [0.25, 0.3) is 5.56 Å². The number of benzene rings is 2. The third kappa shape index (κ3) is 4.08. The number of fused-ring (bicyclic) bond motifs is 1. The number of ketones is 1. The molecule has 0 saturated carbocycles. The number of rotatable bonds is 4. The number of carbonyl (C=O) groups is 1. The number of pyridine rings is 1. The summed E-state index contributed by atoms with van der Waals surface area (Å²) < 4.78 is 6.96. The van der Waals surface area contributed by atoms with Crippen molar-refractivity contribution < 1.29 is 9.53 Å². The molecule has 5 rings (SSSR count). The van der Waals surface area contributed by atoms with Gasteiger partial charge in [0.1, 0.15) is 10.8 Å². The minimum Gasteiger partial charge on any atom is -0.497 e. The molecule has 0 unspecified atom stereocenters. The van der Waals surface area contributed by atoms with Crippen LogP contribution in [0.3, 0.4) is 0 Å². The number of hydrogen-bond acceptors (Lipinski definition) is 5. The molecule has 1 aliphatic rings. The molecule has 0 bridgehead atoms. The van der Waals surface area contributed by atoms with Crippen molar-refractivity contribution in [1.82, 2.24) is 9.55 Å². The van der Waals surface area contributed by atoms with Crippen LogP contribution in [-0.2, 0) is 6.42 Å². The maximum Gasteiger partial charge on any atom is 0.265 e. The number of nitrogens with zero attached hydrogens (tertiary/aromatic N) is 2. The first-order valence-electron chi connectivity index (χ1n) is 10.9. The first-order chi connectivity index (χ1) is 16.3. The van der Waals surface area contributed by atoms with Gasteiger partial charge in [0.15, 0.2) is 5.78 Å². The molecule has 0 fully saturated rings. The lowest BCUT2D eigenvalue weighted by molar-refractivity contribution is 0.0909. The summed E-state index contributed by atoms with van der Waals surface area (Å²) in [5.74, 6) is 0.745. The van der Waals surface area contributed by atoms with Crippen LogP contribution in [0.15, 0.2) is 64.8 Å². The maximum absolute atomic E-state index is 13.9. The van der Waals surface area contributed by atoms with E-state index in [9.17, 15) is 9.59 Å². The van der Waals surface area contributed by atoms with E-state index in [0.29, 0.717) is 45.4 Å². The summed E-state index contributed by atoms with van der Waals surface area (Å²) in [7, 11) is 1.60. The fraction of sp³-hybridized carbons (Fsp3) is 0.222. The molecule has 0 atom stereocenters. The highest BCUT2D eigenvalue weighted by Crippen LogP contribution is 2.37. The standard InChI is InChI=1S/C27H23ClN2O3S/c1-27(2)13-23-20(24(31)14-27)12-21(26(32)30(23)18-8-10-19(33-3)11-9-18)25-29-22(15-34-25)16-4-6-17(28)7-5-16/h4-12,15H,13-14H2,1-3H3. The Morgan fingerprint density at radius 1 is 1.00 bits per heavy atom. The Bertz CT molecular complexity index is 1450. The molecule has 0 saturated heterocycles. The Hall–Kier alpha value is -3.22. The van der Waals surface area contributed by atoms with E-state index in [-0.39, 0.29) is 16.8 Å². The van der Waals surface area contributed by atoms with E-state index in [1.54, 1.807) is 17.7 Å². The molecule has 1 aliphatic carbocycles. The van der Waals surface area contributed by atoms with Crippen LogP contribution in [-0.4, -0.2) is 22.4 Å². The normalized spacial score (nSPS) is 14.6. The highest BCUT2D eigenvalue weighted by atomic mass is 35.5. The predicted octanol–water partition coefficient (Wildman–Crippen LogP) is 6.45. The number of methoxy groups -OCH3 is 1. The number of halogens is 1. The molecule has 2 aromatic carbocycles. The van der Waals surface area contributed by atoms with E-state index < -0.39 is 0 Å². The summed E-state index contributed by atoms with van der Waals surface area (Å²) in [6.07, 6.45) is 1.07. The minimum atomic E-state index is -0.227. The van der Waals surface area contributed by atoms with Crippen molar-refractivity contribution in [3.05, 3.63) is 86.6 Å².